The summed E-state index contributed by atoms with van der Waals surface area (Å²) < 4.78 is 13.6. The second-order valence-corrected chi connectivity index (χ2v) is 4.08. The van der Waals surface area contributed by atoms with Gasteiger partial charge in [0, 0.05) is 24.7 Å². The summed E-state index contributed by atoms with van der Waals surface area (Å²) in [5.74, 6) is -0.236. The number of hydrogen-bond donors (Lipinski definition) is 2. The normalized spacial score (nSPS) is 13.1. The second kappa shape index (κ2) is 5.94. The molecule has 0 aliphatic carbocycles. The quantitative estimate of drug-likeness (QED) is 0.790. The van der Waals surface area contributed by atoms with Crippen LogP contribution in [0.5, 0.6) is 0 Å². The largest absolute Gasteiger partial charge is 0.395 e. The summed E-state index contributed by atoms with van der Waals surface area (Å²) in [5, 5.41) is 8.98. The van der Waals surface area contributed by atoms with E-state index in [2.05, 4.69) is 0 Å². The molecule has 1 unspecified atom stereocenters. The monoisotopic (exact) mass is 226 g/mol. The third-order valence-electron chi connectivity index (χ3n) is 2.79. The second-order valence-electron chi connectivity index (χ2n) is 4.08. The van der Waals surface area contributed by atoms with Crippen molar-refractivity contribution >= 4 is 0 Å². The number of aliphatic hydroxyl groups excluding tert-OH is 1. The van der Waals surface area contributed by atoms with Crippen LogP contribution in [0.15, 0.2) is 18.2 Å². The third-order valence-corrected chi connectivity index (χ3v) is 2.79. The fraction of sp³-hybridized carbons (Fsp3) is 0.500. The Morgan fingerprint density at radius 2 is 2.19 bits per heavy atom. The number of benzene rings is 1. The molecule has 1 atom stereocenters. The number of halogens is 1. The number of rotatable bonds is 5. The number of nitrogens with zero attached hydrogens (tertiary/aromatic N) is 1. The Kier molecular flexibility index (Phi) is 4.86. The Labute approximate surface area is 95.7 Å². The molecule has 0 saturated heterocycles. The van der Waals surface area contributed by atoms with Crippen LogP contribution >= 0.6 is 0 Å². The van der Waals surface area contributed by atoms with E-state index in [1.165, 1.54) is 6.07 Å². The van der Waals surface area contributed by atoms with Crippen LogP contribution in [-0.4, -0.2) is 29.7 Å². The summed E-state index contributed by atoms with van der Waals surface area (Å²) in [7, 11) is 1.86. The van der Waals surface area contributed by atoms with Crippen molar-refractivity contribution in [3.63, 3.8) is 0 Å². The Bertz CT molecular complexity index is 344. The van der Waals surface area contributed by atoms with Gasteiger partial charge in [-0.2, -0.15) is 0 Å². The van der Waals surface area contributed by atoms with Crippen molar-refractivity contribution in [2.45, 2.75) is 26.1 Å². The molecule has 0 amide bonds. The standard InChI is InChI=1S/C12H19FN2O/c1-9(8-16)15(2)7-11-4-3-10(6-14)5-12(11)13/h3-5,9,16H,6-8,14H2,1-2H3. The van der Waals surface area contributed by atoms with Crippen molar-refractivity contribution in [3.8, 4) is 0 Å². The number of likely N-dealkylation sites (N-methyl/N-ethyl adjacent to an activating group) is 1. The Morgan fingerprint density at radius 3 is 2.69 bits per heavy atom. The van der Waals surface area contributed by atoms with Gasteiger partial charge in [-0.3, -0.25) is 4.90 Å². The molecular weight excluding hydrogens is 207 g/mol. The zero-order valence-corrected chi connectivity index (χ0v) is 9.78. The highest BCUT2D eigenvalue weighted by molar-refractivity contribution is 5.24. The highest BCUT2D eigenvalue weighted by Crippen LogP contribution is 2.13. The number of hydrogen-bond acceptors (Lipinski definition) is 3. The molecule has 1 rings (SSSR count). The van der Waals surface area contributed by atoms with Crippen LogP contribution in [0.25, 0.3) is 0 Å². The maximum atomic E-state index is 13.6. The van der Waals surface area contributed by atoms with E-state index in [1.807, 2.05) is 24.9 Å². The molecule has 16 heavy (non-hydrogen) atoms. The first-order valence-corrected chi connectivity index (χ1v) is 5.37. The van der Waals surface area contributed by atoms with Gasteiger partial charge in [-0.15, -0.1) is 0 Å². The molecule has 0 aliphatic rings. The lowest BCUT2D eigenvalue weighted by Gasteiger charge is -2.23. The molecule has 0 bridgehead atoms. The predicted molar refractivity (Wildman–Crippen MR) is 62.3 cm³/mol. The van der Waals surface area contributed by atoms with Gasteiger partial charge in [0.15, 0.2) is 0 Å². The van der Waals surface area contributed by atoms with Gasteiger partial charge in [0.2, 0.25) is 0 Å². The lowest BCUT2D eigenvalue weighted by Crippen LogP contribution is -2.31. The van der Waals surface area contributed by atoms with E-state index in [-0.39, 0.29) is 18.5 Å². The van der Waals surface area contributed by atoms with Crippen LogP contribution < -0.4 is 5.73 Å². The van der Waals surface area contributed by atoms with Crippen molar-refractivity contribution in [2.75, 3.05) is 13.7 Å². The van der Waals surface area contributed by atoms with Crippen LogP contribution in [0.4, 0.5) is 4.39 Å². The van der Waals surface area contributed by atoms with E-state index in [1.54, 1.807) is 6.07 Å². The molecule has 1 aromatic carbocycles. The van der Waals surface area contributed by atoms with Gasteiger partial charge < -0.3 is 10.8 Å². The first kappa shape index (κ1) is 13.1. The van der Waals surface area contributed by atoms with Crippen molar-refractivity contribution in [3.05, 3.63) is 35.1 Å². The summed E-state index contributed by atoms with van der Waals surface area (Å²) in [5.41, 5.74) is 6.85. The molecule has 3 nitrogen and oxygen atoms in total. The van der Waals surface area contributed by atoms with Crippen molar-refractivity contribution in [1.29, 1.82) is 0 Å². The maximum absolute atomic E-state index is 13.6. The number of aliphatic hydroxyl groups is 1. The van der Waals surface area contributed by atoms with Crippen molar-refractivity contribution in [2.24, 2.45) is 5.73 Å². The molecule has 0 aromatic heterocycles. The van der Waals surface area contributed by atoms with E-state index in [0.29, 0.717) is 18.7 Å². The summed E-state index contributed by atoms with van der Waals surface area (Å²) in [4.78, 5) is 1.90. The Morgan fingerprint density at radius 1 is 1.50 bits per heavy atom. The first-order chi connectivity index (χ1) is 7.58. The van der Waals surface area contributed by atoms with E-state index >= 15 is 0 Å². The van der Waals surface area contributed by atoms with Crippen molar-refractivity contribution < 1.29 is 9.50 Å². The van der Waals surface area contributed by atoms with Gasteiger partial charge in [0.25, 0.3) is 0 Å². The smallest absolute Gasteiger partial charge is 0.128 e. The topological polar surface area (TPSA) is 49.5 Å². The Balaban J connectivity index is 2.74. The van der Waals surface area contributed by atoms with Crippen LogP contribution in [0, 0.1) is 5.82 Å². The van der Waals surface area contributed by atoms with Gasteiger partial charge in [-0.05, 0) is 25.6 Å². The van der Waals surface area contributed by atoms with Crippen LogP contribution in [0.2, 0.25) is 0 Å². The minimum atomic E-state index is -0.236. The first-order valence-electron chi connectivity index (χ1n) is 5.37. The zero-order valence-electron chi connectivity index (χ0n) is 9.78. The van der Waals surface area contributed by atoms with Crippen LogP contribution in [-0.2, 0) is 13.1 Å². The van der Waals surface area contributed by atoms with Gasteiger partial charge in [-0.25, -0.2) is 4.39 Å². The number of nitrogens with two attached hydrogens (primary N) is 1. The van der Waals surface area contributed by atoms with Crippen molar-refractivity contribution in [1.82, 2.24) is 4.90 Å². The SMILES string of the molecule is CC(CO)N(C)Cc1ccc(CN)cc1F. The van der Waals surface area contributed by atoms with E-state index in [9.17, 15) is 4.39 Å². The van der Waals surface area contributed by atoms with Crippen LogP contribution in [0.1, 0.15) is 18.1 Å². The van der Waals surface area contributed by atoms with Gasteiger partial charge in [0.05, 0.1) is 6.61 Å². The van der Waals surface area contributed by atoms with Crippen LogP contribution in [0.3, 0.4) is 0 Å². The third kappa shape index (κ3) is 3.27. The fourth-order valence-electron chi connectivity index (χ4n) is 1.41. The van der Waals surface area contributed by atoms with E-state index in [4.69, 9.17) is 10.8 Å². The zero-order chi connectivity index (χ0) is 12.1. The Hall–Kier alpha value is -0.970. The predicted octanol–water partition coefficient (Wildman–Crippen LogP) is 1.10. The van der Waals surface area contributed by atoms with Gasteiger partial charge >= 0.3 is 0 Å². The summed E-state index contributed by atoms with van der Waals surface area (Å²) in [6.45, 7) is 2.80. The maximum Gasteiger partial charge on any atom is 0.128 e. The molecule has 0 fully saturated rings. The molecule has 0 heterocycles. The molecule has 0 radical (unpaired) electrons. The molecule has 0 spiro atoms. The highest BCUT2D eigenvalue weighted by atomic mass is 19.1. The summed E-state index contributed by atoms with van der Waals surface area (Å²) in [6.07, 6.45) is 0. The fourth-order valence-corrected chi connectivity index (χ4v) is 1.41. The molecule has 1 aromatic rings. The average molecular weight is 226 g/mol. The summed E-state index contributed by atoms with van der Waals surface area (Å²) >= 11 is 0. The van der Waals surface area contributed by atoms with E-state index in [0.717, 1.165) is 5.56 Å². The van der Waals surface area contributed by atoms with E-state index < -0.39 is 0 Å². The van der Waals surface area contributed by atoms with Gasteiger partial charge in [-0.1, -0.05) is 12.1 Å². The minimum absolute atomic E-state index is 0.0218. The highest BCUT2D eigenvalue weighted by Gasteiger charge is 2.11. The average Bonchev–Trinajstić information content (AvgIpc) is 2.30. The molecule has 90 valence electrons. The molecular formula is C12H19FN2O. The minimum Gasteiger partial charge on any atom is -0.395 e. The lowest BCUT2D eigenvalue weighted by molar-refractivity contribution is 0.153. The molecule has 3 N–H and O–H groups in total. The molecule has 0 saturated carbocycles. The van der Waals surface area contributed by atoms with Gasteiger partial charge in [0.1, 0.15) is 5.82 Å². The lowest BCUT2D eigenvalue weighted by atomic mass is 10.1. The molecule has 0 aliphatic heterocycles. The molecule has 4 heteroatoms. The summed E-state index contributed by atoms with van der Waals surface area (Å²) in [6, 6.07) is 5.06.